The van der Waals surface area contributed by atoms with Crippen molar-refractivity contribution >= 4 is 15.9 Å². The Hall–Kier alpha value is -1.30. The topological polar surface area (TPSA) is 26.0 Å². The molecule has 0 bridgehead atoms. The van der Waals surface area contributed by atoms with E-state index in [4.69, 9.17) is 4.42 Å². The number of hydrogen-bond donors (Lipinski definition) is 0. The highest BCUT2D eigenvalue weighted by molar-refractivity contribution is 9.09. The summed E-state index contributed by atoms with van der Waals surface area (Å²) in [6, 6.07) is 7.06. The molecule has 114 valence electrons. The van der Waals surface area contributed by atoms with Crippen LogP contribution in [-0.2, 0) is 12.6 Å². The van der Waals surface area contributed by atoms with Gasteiger partial charge in [0, 0.05) is 10.9 Å². The van der Waals surface area contributed by atoms with E-state index in [0.717, 1.165) is 17.3 Å². The van der Waals surface area contributed by atoms with Crippen LogP contribution in [0.3, 0.4) is 0 Å². The molecule has 21 heavy (non-hydrogen) atoms. The molecule has 0 unspecified atom stereocenters. The Morgan fingerprint density at radius 1 is 1.14 bits per heavy atom. The van der Waals surface area contributed by atoms with Crippen molar-refractivity contribution in [3.8, 4) is 11.5 Å². The predicted octanol–water partition coefficient (Wildman–Crippen LogP) is 5.39. The van der Waals surface area contributed by atoms with Crippen molar-refractivity contribution in [1.29, 1.82) is 0 Å². The van der Waals surface area contributed by atoms with E-state index in [2.05, 4.69) is 20.9 Å². The van der Waals surface area contributed by atoms with E-state index in [0.29, 0.717) is 12.0 Å². The average molecular weight is 362 g/mol. The fourth-order valence-corrected chi connectivity index (χ4v) is 2.35. The Morgan fingerprint density at radius 3 is 2.38 bits per heavy atom. The summed E-state index contributed by atoms with van der Waals surface area (Å²) < 4.78 is 44.0. The fourth-order valence-electron chi connectivity index (χ4n) is 1.95. The normalized spacial score (nSPS) is 11.9. The van der Waals surface area contributed by atoms with Crippen LogP contribution in [0.5, 0.6) is 0 Å². The van der Waals surface area contributed by atoms with Crippen molar-refractivity contribution in [3.05, 3.63) is 41.3 Å². The molecule has 0 N–H and O–H groups in total. The SMILES string of the molecule is Cc1ccc(-c2nc(CCCCBr)c(C(F)(F)F)o2)cc1. The molecule has 0 spiro atoms. The first-order valence-corrected chi connectivity index (χ1v) is 7.74. The highest BCUT2D eigenvalue weighted by atomic mass is 79.9. The minimum atomic E-state index is -4.51. The van der Waals surface area contributed by atoms with Crippen LogP contribution in [0, 0.1) is 6.92 Å². The number of aromatic nitrogens is 1. The van der Waals surface area contributed by atoms with E-state index >= 15 is 0 Å². The molecular formula is C15H15BrF3NO. The summed E-state index contributed by atoms with van der Waals surface area (Å²) in [6.07, 6.45) is -2.83. The second-order valence-corrected chi connectivity index (χ2v) is 5.60. The van der Waals surface area contributed by atoms with E-state index in [1.807, 2.05) is 19.1 Å². The Labute approximate surface area is 129 Å². The summed E-state index contributed by atoms with van der Waals surface area (Å²) in [5.41, 5.74) is 1.57. The maximum absolute atomic E-state index is 13.0. The third-order valence-corrected chi connectivity index (χ3v) is 3.61. The highest BCUT2D eigenvalue weighted by Crippen LogP contribution is 2.35. The molecule has 1 aromatic carbocycles. The lowest BCUT2D eigenvalue weighted by Gasteiger charge is -2.04. The van der Waals surface area contributed by atoms with Crippen LogP contribution in [0.1, 0.15) is 29.9 Å². The van der Waals surface area contributed by atoms with Gasteiger partial charge in [0.1, 0.15) is 0 Å². The smallest absolute Gasteiger partial charge is 0.431 e. The molecule has 0 aliphatic rings. The van der Waals surface area contributed by atoms with Crippen molar-refractivity contribution in [2.24, 2.45) is 0 Å². The maximum atomic E-state index is 13.0. The van der Waals surface area contributed by atoms with Crippen LogP contribution >= 0.6 is 15.9 Å². The Morgan fingerprint density at radius 2 is 1.81 bits per heavy atom. The third kappa shape index (κ3) is 4.09. The molecule has 1 aromatic heterocycles. The van der Waals surface area contributed by atoms with Gasteiger partial charge in [0.2, 0.25) is 11.7 Å². The quantitative estimate of drug-likeness (QED) is 0.527. The molecule has 2 aromatic rings. The highest BCUT2D eigenvalue weighted by Gasteiger charge is 2.39. The Bertz CT molecular complexity index is 590. The summed E-state index contributed by atoms with van der Waals surface area (Å²) >= 11 is 3.26. The summed E-state index contributed by atoms with van der Waals surface area (Å²) in [4.78, 5) is 4.05. The van der Waals surface area contributed by atoms with Crippen LogP contribution in [0.15, 0.2) is 28.7 Å². The first-order chi connectivity index (χ1) is 9.91. The number of hydrogen-bond acceptors (Lipinski definition) is 2. The van der Waals surface area contributed by atoms with Gasteiger partial charge in [-0.2, -0.15) is 13.2 Å². The molecule has 0 atom stereocenters. The standard InChI is InChI=1S/C15H15BrF3NO/c1-10-5-7-11(8-6-10)14-20-12(4-2-3-9-16)13(21-14)15(17,18)19/h5-8H,2-4,9H2,1H3. The van der Waals surface area contributed by atoms with Gasteiger partial charge in [0.25, 0.3) is 0 Å². The zero-order valence-electron chi connectivity index (χ0n) is 11.5. The van der Waals surface area contributed by atoms with Crippen LogP contribution in [0.4, 0.5) is 13.2 Å². The van der Waals surface area contributed by atoms with Crippen molar-refractivity contribution in [1.82, 2.24) is 4.98 Å². The summed E-state index contributed by atoms with van der Waals surface area (Å²) in [7, 11) is 0. The van der Waals surface area contributed by atoms with Crippen LogP contribution in [0.2, 0.25) is 0 Å². The predicted molar refractivity (Wildman–Crippen MR) is 78.4 cm³/mol. The van der Waals surface area contributed by atoms with Crippen LogP contribution in [-0.4, -0.2) is 10.3 Å². The lowest BCUT2D eigenvalue weighted by atomic mass is 10.1. The minimum absolute atomic E-state index is 0.0148. The number of nitrogens with zero attached hydrogens (tertiary/aromatic N) is 1. The van der Waals surface area contributed by atoms with Gasteiger partial charge in [-0.05, 0) is 38.3 Å². The van der Waals surface area contributed by atoms with Crippen LogP contribution < -0.4 is 0 Å². The number of oxazole rings is 1. The summed E-state index contributed by atoms with van der Waals surface area (Å²) in [5, 5.41) is 0.761. The van der Waals surface area contributed by atoms with Gasteiger partial charge in [0.05, 0.1) is 5.69 Å². The molecule has 0 saturated heterocycles. The van der Waals surface area contributed by atoms with Gasteiger partial charge in [-0.3, -0.25) is 0 Å². The molecule has 6 heteroatoms. The van der Waals surface area contributed by atoms with Gasteiger partial charge in [0.15, 0.2) is 0 Å². The monoisotopic (exact) mass is 361 g/mol. The van der Waals surface area contributed by atoms with Gasteiger partial charge in [-0.25, -0.2) is 4.98 Å². The van der Waals surface area contributed by atoms with E-state index in [1.54, 1.807) is 12.1 Å². The molecule has 0 radical (unpaired) electrons. The second kappa shape index (κ2) is 6.64. The lowest BCUT2D eigenvalue weighted by Crippen LogP contribution is -2.07. The van der Waals surface area contributed by atoms with Gasteiger partial charge in [-0.15, -0.1) is 0 Å². The maximum Gasteiger partial charge on any atom is 0.451 e. The zero-order chi connectivity index (χ0) is 15.5. The van der Waals surface area contributed by atoms with E-state index < -0.39 is 11.9 Å². The fraction of sp³-hybridized carbons (Fsp3) is 0.400. The van der Waals surface area contributed by atoms with Crippen LogP contribution in [0.25, 0.3) is 11.5 Å². The Kier molecular flexibility index (Phi) is 5.08. The molecule has 0 fully saturated rings. The van der Waals surface area contributed by atoms with Crippen molar-refractivity contribution in [3.63, 3.8) is 0 Å². The third-order valence-electron chi connectivity index (χ3n) is 3.05. The number of aryl methyl sites for hydroxylation is 2. The number of rotatable bonds is 5. The van der Waals surface area contributed by atoms with Gasteiger partial charge in [-0.1, -0.05) is 33.6 Å². The number of unbranched alkanes of at least 4 members (excludes halogenated alkanes) is 1. The number of halogens is 4. The average Bonchev–Trinajstić information content (AvgIpc) is 2.84. The zero-order valence-corrected chi connectivity index (χ0v) is 13.1. The lowest BCUT2D eigenvalue weighted by molar-refractivity contribution is -0.153. The van der Waals surface area contributed by atoms with E-state index in [9.17, 15) is 13.2 Å². The number of alkyl halides is 4. The molecular weight excluding hydrogens is 347 g/mol. The second-order valence-electron chi connectivity index (χ2n) is 4.80. The van der Waals surface area contributed by atoms with Crippen molar-refractivity contribution in [2.75, 3.05) is 5.33 Å². The first kappa shape index (κ1) is 16.1. The largest absolute Gasteiger partial charge is 0.451 e. The van der Waals surface area contributed by atoms with E-state index in [1.165, 1.54) is 0 Å². The molecule has 0 amide bonds. The summed E-state index contributed by atoms with van der Waals surface area (Å²) in [5.74, 6) is -0.955. The van der Waals surface area contributed by atoms with Gasteiger partial charge >= 0.3 is 6.18 Å². The minimum Gasteiger partial charge on any atom is -0.431 e. The van der Waals surface area contributed by atoms with Crippen molar-refractivity contribution in [2.45, 2.75) is 32.4 Å². The molecule has 2 rings (SSSR count). The molecule has 0 aliphatic heterocycles. The molecule has 0 aliphatic carbocycles. The summed E-state index contributed by atoms with van der Waals surface area (Å²) in [6.45, 7) is 1.91. The first-order valence-electron chi connectivity index (χ1n) is 6.61. The molecule has 2 nitrogen and oxygen atoms in total. The van der Waals surface area contributed by atoms with Crippen molar-refractivity contribution < 1.29 is 17.6 Å². The van der Waals surface area contributed by atoms with Gasteiger partial charge < -0.3 is 4.42 Å². The molecule has 0 saturated carbocycles. The van der Waals surface area contributed by atoms with E-state index in [-0.39, 0.29) is 18.0 Å². The Balaban J connectivity index is 2.33. The number of benzene rings is 1. The molecule has 1 heterocycles.